The Morgan fingerprint density at radius 2 is 1.94 bits per heavy atom. The van der Waals surface area contributed by atoms with Crippen molar-refractivity contribution in [2.75, 3.05) is 27.7 Å². The molecular weight excluding hydrogens is 208 g/mol. The van der Waals surface area contributed by atoms with Crippen molar-refractivity contribution in [1.82, 2.24) is 9.80 Å². The maximum atomic E-state index is 11.9. The second-order valence-corrected chi connectivity index (χ2v) is 4.48. The fourth-order valence-corrected chi connectivity index (χ4v) is 1.60. The summed E-state index contributed by atoms with van der Waals surface area (Å²) in [5.74, 6) is -0.535. The van der Waals surface area contributed by atoms with E-state index in [0.29, 0.717) is 12.6 Å². The first-order valence-corrected chi connectivity index (χ1v) is 5.53. The second-order valence-electron chi connectivity index (χ2n) is 4.48. The van der Waals surface area contributed by atoms with E-state index >= 15 is 0 Å². The van der Waals surface area contributed by atoms with E-state index in [1.165, 1.54) is 7.11 Å². The Morgan fingerprint density at radius 3 is 2.31 bits per heavy atom. The van der Waals surface area contributed by atoms with Gasteiger partial charge in [0, 0.05) is 26.7 Å². The van der Waals surface area contributed by atoms with E-state index in [-0.39, 0.29) is 17.9 Å². The smallest absolute Gasteiger partial charge is 0.319 e. The van der Waals surface area contributed by atoms with E-state index in [9.17, 15) is 9.59 Å². The van der Waals surface area contributed by atoms with Crippen molar-refractivity contribution in [1.29, 1.82) is 0 Å². The fourth-order valence-electron chi connectivity index (χ4n) is 1.60. The molecule has 0 aromatic carbocycles. The average Bonchev–Trinajstić information content (AvgIpc) is 3.06. The summed E-state index contributed by atoms with van der Waals surface area (Å²) >= 11 is 0. The van der Waals surface area contributed by atoms with Gasteiger partial charge in [0.2, 0.25) is 0 Å². The summed E-state index contributed by atoms with van der Waals surface area (Å²) in [6.45, 7) is 2.22. The number of ether oxygens (including phenoxy) is 1. The third-order valence-electron chi connectivity index (χ3n) is 2.69. The number of esters is 1. The Labute approximate surface area is 96.3 Å². The van der Waals surface area contributed by atoms with E-state index in [4.69, 9.17) is 0 Å². The van der Waals surface area contributed by atoms with E-state index in [0.717, 1.165) is 12.8 Å². The standard InChI is InChI=1S/C11H20N2O3/c1-8(10(14)16-4)7-13(9-5-6-9)11(15)12(2)3/h8-9H,5-7H2,1-4H3. The molecule has 1 aliphatic carbocycles. The summed E-state index contributed by atoms with van der Waals surface area (Å²) in [5.41, 5.74) is 0. The van der Waals surface area contributed by atoms with Gasteiger partial charge in [-0.25, -0.2) is 4.79 Å². The average molecular weight is 228 g/mol. The lowest BCUT2D eigenvalue weighted by Gasteiger charge is -2.27. The number of rotatable bonds is 4. The summed E-state index contributed by atoms with van der Waals surface area (Å²) in [6, 6.07) is 0.278. The van der Waals surface area contributed by atoms with Crippen molar-refractivity contribution in [3.8, 4) is 0 Å². The number of carbonyl (C=O) groups excluding carboxylic acids is 2. The van der Waals surface area contributed by atoms with Crippen molar-refractivity contribution >= 4 is 12.0 Å². The number of hydrogen-bond acceptors (Lipinski definition) is 3. The third-order valence-corrected chi connectivity index (χ3v) is 2.69. The van der Waals surface area contributed by atoms with Gasteiger partial charge in [-0.05, 0) is 12.8 Å². The molecule has 0 radical (unpaired) electrons. The number of hydrogen-bond donors (Lipinski definition) is 0. The molecule has 0 heterocycles. The van der Waals surface area contributed by atoms with Crippen LogP contribution in [0.5, 0.6) is 0 Å². The van der Waals surface area contributed by atoms with Gasteiger partial charge in [-0.3, -0.25) is 4.79 Å². The zero-order chi connectivity index (χ0) is 12.3. The lowest BCUT2D eigenvalue weighted by atomic mass is 10.1. The summed E-state index contributed by atoms with van der Waals surface area (Å²) in [5, 5.41) is 0. The Morgan fingerprint density at radius 1 is 1.38 bits per heavy atom. The fraction of sp³-hybridized carbons (Fsp3) is 0.818. The normalized spacial score (nSPS) is 16.5. The zero-order valence-corrected chi connectivity index (χ0v) is 10.4. The van der Waals surface area contributed by atoms with Crippen LogP contribution < -0.4 is 0 Å². The molecule has 1 saturated carbocycles. The summed E-state index contributed by atoms with van der Waals surface area (Å²) in [7, 11) is 4.81. The quantitative estimate of drug-likeness (QED) is 0.673. The van der Waals surface area contributed by atoms with Crippen LogP contribution in [0.15, 0.2) is 0 Å². The van der Waals surface area contributed by atoms with Crippen molar-refractivity contribution in [3.05, 3.63) is 0 Å². The van der Waals surface area contributed by atoms with Gasteiger partial charge in [0.05, 0.1) is 13.0 Å². The van der Waals surface area contributed by atoms with Gasteiger partial charge in [-0.1, -0.05) is 6.92 Å². The summed E-state index contributed by atoms with van der Waals surface area (Å²) in [6.07, 6.45) is 2.07. The maximum Gasteiger partial charge on any atom is 0.319 e. The van der Waals surface area contributed by atoms with Gasteiger partial charge in [0.25, 0.3) is 0 Å². The molecule has 5 heteroatoms. The SMILES string of the molecule is COC(=O)C(C)CN(C(=O)N(C)C)C1CC1. The highest BCUT2D eigenvalue weighted by molar-refractivity contribution is 5.76. The molecule has 0 spiro atoms. The van der Waals surface area contributed by atoms with Gasteiger partial charge < -0.3 is 14.5 Å². The van der Waals surface area contributed by atoms with Gasteiger partial charge in [-0.15, -0.1) is 0 Å². The molecule has 0 saturated heterocycles. The topological polar surface area (TPSA) is 49.9 Å². The molecule has 1 rings (SSSR count). The van der Waals surface area contributed by atoms with Crippen LogP contribution in [0.3, 0.4) is 0 Å². The minimum absolute atomic E-state index is 0.0294. The van der Waals surface area contributed by atoms with E-state index in [2.05, 4.69) is 4.74 Å². The number of carbonyl (C=O) groups is 2. The van der Waals surface area contributed by atoms with Gasteiger partial charge in [-0.2, -0.15) is 0 Å². The van der Waals surface area contributed by atoms with Crippen molar-refractivity contribution in [2.24, 2.45) is 5.92 Å². The van der Waals surface area contributed by atoms with Crippen molar-refractivity contribution in [3.63, 3.8) is 0 Å². The molecule has 1 unspecified atom stereocenters. The molecule has 0 aromatic heterocycles. The second kappa shape index (κ2) is 5.18. The molecular formula is C11H20N2O3. The van der Waals surface area contributed by atoms with Crippen LogP contribution in [-0.4, -0.2) is 55.6 Å². The lowest BCUT2D eigenvalue weighted by molar-refractivity contribution is -0.145. The van der Waals surface area contributed by atoms with E-state index < -0.39 is 0 Å². The summed E-state index contributed by atoms with van der Waals surface area (Å²) in [4.78, 5) is 26.5. The zero-order valence-electron chi connectivity index (χ0n) is 10.4. The van der Waals surface area contributed by atoms with Crippen LogP contribution in [0.4, 0.5) is 4.79 Å². The van der Waals surface area contributed by atoms with Gasteiger partial charge in [0.15, 0.2) is 0 Å². The predicted octanol–water partition coefficient (Wildman–Crippen LogP) is 0.941. The van der Waals surface area contributed by atoms with Crippen molar-refractivity contribution in [2.45, 2.75) is 25.8 Å². The molecule has 2 amide bonds. The molecule has 92 valence electrons. The number of nitrogens with zero attached hydrogens (tertiary/aromatic N) is 2. The molecule has 16 heavy (non-hydrogen) atoms. The Balaban J connectivity index is 2.58. The Kier molecular flexibility index (Phi) is 4.15. The monoisotopic (exact) mass is 228 g/mol. The highest BCUT2D eigenvalue weighted by Crippen LogP contribution is 2.28. The van der Waals surface area contributed by atoms with Crippen LogP contribution in [0, 0.1) is 5.92 Å². The minimum atomic E-state index is -0.269. The van der Waals surface area contributed by atoms with E-state index in [1.54, 1.807) is 30.8 Å². The maximum absolute atomic E-state index is 11.9. The molecule has 5 nitrogen and oxygen atoms in total. The Bertz CT molecular complexity index is 274. The van der Waals surface area contributed by atoms with Crippen LogP contribution in [-0.2, 0) is 9.53 Å². The van der Waals surface area contributed by atoms with Crippen LogP contribution in [0.25, 0.3) is 0 Å². The van der Waals surface area contributed by atoms with Crippen LogP contribution in [0.2, 0.25) is 0 Å². The first-order chi connectivity index (χ1) is 7.47. The highest BCUT2D eigenvalue weighted by Gasteiger charge is 2.35. The molecule has 1 aliphatic rings. The summed E-state index contributed by atoms with van der Waals surface area (Å²) < 4.78 is 4.66. The molecule has 1 atom stereocenters. The number of methoxy groups -OCH3 is 1. The Hall–Kier alpha value is -1.26. The molecule has 0 bridgehead atoms. The van der Waals surface area contributed by atoms with Crippen LogP contribution in [0.1, 0.15) is 19.8 Å². The molecule has 0 aromatic rings. The van der Waals surface area contributed by atoms with Gasteiger partial charge >= 0.3 is 12.0 Å². The van der Waals surface area contributed by atoms with Crippen molar-refractivity contribution < 1.29 is 14.3 Å². The molecule has 1 fully saturated rings. The lowest BCUT2D eigenvalue weighted by Crippen LogP contribution is -2.44. The largest absolute Gasteiger partial charge is 0.469 e. The van der Waals surface area contributed by atoms with E-state index in [1.807, 2.05) is 0 Å². The van der Waals surface area contributed by atoms with Gasteiger partial charge in [0.1, 0.15) is 0 Å². The molecule has 0 aliphatic heterocycles. The molecule has 0 N–H and O–H groups in total. The highest BCUT2D eigenvalue weighted by atomic mass is 16.5. The third kappa shape index (κ3) is 3.12. The first-order valence-electron chi connectivity index (χ1n) is 5.53. The number of urea groups is 1. The number of amides is 2. The minimum Gasteiger partial charge on any atom is -0.469 e. The first kappa shape index (κ1) is 12.8. The predicted molar refractivity (Wildman–Crippen MR) is 60.0 cm³/mol. The van der Waals surface area contributed by atoms with Crippen LogP contribution >= 0.6 is 0 Å².